The lowest BCUT2D eigenvalue weighted by atomic mass is 10.2. The molecule has 0 bridgehead atoms. The van der Waals surface area contributed by atoms with E-state index in [0.29, 0.717) is 6.20 Å². The summed E-state index contributed by atoms with van der Waals surface area (Å²) in [6.45, 7) is 0. The number of hydrogen-bond donors (Lipinski definition) is 0. The van der Waals surface area contributed by atoms with Gasteiger partial charge in [-0.2, -0.15) is 0 Å². The van der Waals surface area contributed by atoms with Gasteiger partial charge in [-0.05, 0) is 22.6 Å². The number of halogens is 4. The van der Waals surface area contributed by atoms with Crippen LogP contribution in [0.5, 0.6) is 0 Å². The summed E-state index contributed by atoms with van der Waals surface area (Å²) in [7, 11) is 0.397. The first-order chi connectivity index (χ1) is 7.66. The van der Waals surface area contributed by atoms with E-state index >= 15 is 0 Å². The zero-order valence-electron chi connectivity index (χ0n) is 7.60. The molecule has 0 atom stereocenters. The van der Waals surface area contributed by atoms with Gasteiger partial charge in [0.2, 0.25) is 0 Å². The molecule has 0 aromatic carbocycles. The van der Waals surface area contributed by atoms with Crippen molar-refractivity contribution in [3.63, 3.8) is 0 Å². The number of nitro groups is 1. The third-order valence-corrected chi connectivity index (χ3v) is 3.85. The molecule has 0 saturated heterocycles. The van der Waals surface area contributed by atoms with Crippen LogP contribution in [0.25, 0.3) is 0 Å². The monoisotopic (exact) mass is 398 g/mol. The van der Waals surface area contributed by atoms with Gasteiger partial charge in [0.25, 0.3) is 15.5 Å². The molecule has 1 aromatic rings. The Labute approximate surface area is 112 Å². The number of nitrogens with zero attached hydrogens (tertiary/aromatic N) is 2. The summed E-state index contributed by atoms with van der Waals surface area (Å²) in [5.74, 6) is 0. The van der Waals surface area contributed by atoms with Crippen LogP contribution >= 0.6 is 33.3 Å². The van der Waals surface area contributed by atoms with Crippen molar-refractivity contribution in [2.75, 3.05) is 0 Å². The Morgan fingerprint density at radius 2 is 2.06 bits per heavy atom. The molecule has 0 amide bonds. The molecule has 1 rings (SSSR count). The third kappa shape index (κ3) is 2.98. The van der Waals surface area contributed by atoms with Crippen molar-refractivity contribution in [2.24, 2.45) is 0 Å². The maximum Gasteiger partial charge on any atom is 0.302 e. The molecule has 0 aliphatic heterocycles. The van der Waals surface area contributed by atoms with Crippen LogP contribution < -0.4 is 0 Å². The maximum absolute atomic E-state index is 12.6. The van der Waals surface area contributed by atoms with Crippen LogP contribution in [0.3, 0.4) is 0 Å². The van der Waals surface area contributed by atoms with Crippen LogP contribution in [0.15, 0.2) is 11.1 Å². The Hall–Kier alpha value is -0.620. The summed E-state index contributed by atoms with van der Waals surface area (Å²) in [4.78, 5) is 11.7. The van der Waals surface area contributed by atoms with Crippen molar-refractivity contribution >= 4 is 48.0 Å². The van der Waals surface area contributed by atoms with Gasteiger partial charge in [0.05, 0.1) is 11.1 Å². The van der Waals surface area contributed by atoms with E-state index < -0.39 is 36.5 Å². The zero-order chi connectivity index (χ0) is 13.4. The van der Waals surface area contributed by atoms with Gasteiger partial charge in [0, 0.05) is 10.7 Å². The van der Waals surface area contributed by atoms with Crippen LogP contribution in [0.1, 0.15) is 12.0 Å². The highest BCUT2D eigenvalue weighted by atomic mass is 127. The van der Waals surface area contributed by atoms with Gasteiger partial charge in [-0.15, -0.1) is 0 Å². The highest BCUT2D eigenvalue weighted by molar-refractivity contribution is 14.1. The van der Waals surface area contributed by atoms with Crippen LogP contribution in [0.2, 0.25) is 0 Å². The van der Waals surface area contributed by atoms with Gasteiger partial charge in [-0.25, -0.2) is 22.2 Å². The Bertz CT molecular complexity index is 580. The lowest BCUT2D eigenvalue weighted by molar-refractivity contribution is -0.389. The van der Waals surface area contributed by atoms with Crippen molar-refractivity contribution < 1.29 is 22.1 Å². The molecule has 0 N–H and O–H groups in total. The molecule has 1 heterocycles. The van der Waals surface area contributed by atoms with Gasteiger partial charge < -0.3 is 0 Å². The summed E-state index contributed by atoms with van der Waals surface area (Å²) in [6, 6.07) is 0. The third-order valence-electron chi connectivity index (χ3n) is 1.67. The van der Waals surface area contributed by atoms with Crippen molar-refractivity contribution in [1.82, 2.24) is 4.98 Å². The van der Waals surface area contributed by atoms with Crippen molar-refractivity contribution in [3.05, 3.63) is 25.6 Å². The Morgan fingerprint density at radius 1 is 1.53 bits per heavy atom. The van der Waals surface area contributed by atoms with Crippen LogP contribution in [-0.2, 0) is 9.05 Å². The fraction of sp³-hybridized carbons (Fsp3) is 0.167. The predicted molar refractivity (Wildman–Crippen MR) is 61.6 cm³/mol. The first-order valence-electron chi connectivity index (χ1n) is 3.72. The van der Waals surface area contributed by atoms with E-state index in [1.807, 2.05) is 0 Å². The number of aromatic nitrogens is 1. The minimum atomic E-state index is -4.52. The number of rotatable bonds is 3. The molecule has 0 aliphatic rings. The maximum atomic E-state index is 12.6. The average molecular weight is 399 g/mol. The molecule has 6 nitrogen and oxygen atoms in total. The highest BCUT2D eigenvalue weighted by Crippen LogP contribution is 2.37. The smallest absolute Gasteiger partial charge is 0.258 e. The summed E-state index contributed by atoms with van der Waals surface area (Å²) in [5.41, 5.74) is -2.30. The first kappa shape index (κ1) is 14.4. The second-order valence-electron chi connectivity index (χ2n) is 2.67. The van der Waals surface area contributed by atoms with E-state index in [0.717, 1.165) is 0 Å². The number of pyridine rings is 1. The van der Waals surface area contributed by atoms with Gasteiger partial charge in [0.1, 0.15) is 9.26 Å². The van der Waals surface area contributed by atoms with E-state index in [4.69, 9.17) is 10.7 Å². The highest BCUT2D eigenvalue weighted by Gasteiger charge is 2.34. The van der Waals surface area contributed by atoms with Crippen molar-refractivity contribution in [3.8, 4) is 0 Å². The predicted octanol–water partition coefficient (Wildman–Crippen LogP) is 2.46. The number of alkyl halides is 2. The molecule has 0 unspecified atom stereocenters. The molecule has 0 aliphatic carbocycles. The molecule has 1 aromatic heterocycles. The molecule has 17 heavy (non-hydrogen) atoms. The summed E-state index contributed by atoms with van der Waals surface area (Å²) in [5, 5.41) is 10.7. The molecule has 0 radical (unpaired) electrons. The molecule has 11 heteroatoms. The van der Waals surface area contributed by atoms with Gasteiger partial charge in [0.15, 0.2) is 4.90 Å². The summed E-state index contributed by atoms with van der Waals surface area (Å²) < 4.78 is 46.9. The lowest BCUT2D eigenvalue weighted by Gasteiger charge is -2.06. The largest absolute Gasteiger partial charge is 0.302 e. The second-order valence-corrected chi connectivity index (χ2v) is 6.23. The molecule has 0 saturated carbocycles. The molecular weight excluding hydrogens is 396 g/mol. The van der Waals surface area contributed by atoms with E-state index in [-0.39, 0.29) is 3.70 Å². The first-order valence-corrected chi connectivity index (χ1v) is 7.10. The van der Waals surface area contributed by atoms with E-state index in [1.54, 1.807) is 0 Å². The molecule has 0 fully saturated rings. The van der Waals surface area contributed by atoms with E-state index in [2.05, 4.69) is 4.98 Å². The normalized spacial score (nSPS) is 11.8. The Kier molecular flexibility index (Phi) is 4.19. The summed E-state index contributed by atoms with van der Waals surface area (Å²) >= 11 is 1.35. The minimum Gasteiger partial charge on any atom is -0.258 e. The van der Waals surface area contributed by atoms with E-state index in [9.17, 15) is 27.3 Å². The van der Waals surface area contributed by atoms with Crippen LogP contribution in [-0.4, -0.2) is 18.3 Å². The SMILES string of the molecule is O=[N+]([O-])c1c(S(=O)(=O)Cl)cnc(I)c1C(F)F. The van der Waals surface area contributed by atoms with Crippen molar-refractivity contribution in [1.29, 1.82) is 0 Å². The van der Waals surface area contributed by atoms with E-state index in [1.165, 1.54) is 22.6 Å². The standard InChI is InChI=1S/C6H2ClF2IN2O4S/c7-17(15,16)2-1-11-6(10)3(5(8)9)4(2)12(13)14/h1,5H. The molecular formula is C6H2ClF2IN2O4S. The fourth-order valence-electron chi connectivity index (χ4n) is 1.04. The van der Waals surface area contributed by atoms with Crippen LogP contribution in [0, 0.1) is 13.8 Å². The lowest BCUT2D eigenvalue weighted by Crippen LogP contribution is -2.07. The fourth-order valence-corrected chi connectivity index (χ4v) is 2.60. The topological polar surface area (TPSA) is 90.2 Å². The Morgan fingerprint density at radius 3 is 2.41 bits per heavy atom. The quantitative estimate of drug-likeness (QED) is 0.256. The van der Waals surface area contributed by atoms with Gasteiger partial charge >= 0.3 is 5.69 Å². The summed E-state index contributed by atoms with van der Waals surface area (Å²) in [6.07, 6.45) is -2.65. The molecule has 0 spiro atoms. The number of hydrogen-bond acceptors (Lipinski definition) is 5. The Balaban J connectivity index is 3.78. The van der Waals surface area contributed by atoms with Gasteiger partial charge in [-0.3, -0.25) is 10.1 Å². The van der Waals surface area contributed by atoms with Crippen LogP contribution in [0.4, 0.5) is 14.5 Å². The second kappa shape index (κ2) is 4.94. The molecule has 94 valence electrons. The minimum absolute atomic E-state index is 0.353. The zero-order valence-corrected chi connectivity index (χ0v) is 11.3. The van der Waals surface area contributed by atoms with Crippen molar-refractivity contribution in [2.45, 2.75) is 11.3 Å². The average Bonchev–Trinajstić information content (AvgIpc) is 2.14. The van der Waals surface area contributed by atoms with Gasteiger partial charge in [-0.1, -0.05) is 0 Å².